The van der Waals surface area contributed by atoms with Gasteiger partial charge in [-0.25, -0.2) is 4.68 Å². The number of benzene rings is 5. The van der Waals surface area contributed by atoms with Gasteiger partial charge < -0.3 is 4.74 Å². The summed E-state index contributed by atoms with van der Waals surface area (Å²) in [6, 6.07) is 42.4. The van der Waals surface area contributed by atoms with E-state index in [1.807, 2.05) is 150 Å². The van der Waals surface area contributed by atoms with Crippen LogP contribution in [0.3, 0.4) is 0 Å². The monoisotopic (exact) mass is 686 g/mol. The zero-order valence-corrected chi connectivity index (χ0v) is 27.9. The van der Waals surface area contributed by atoms with Crippen molar-refractivity contribution in [1.29, 1.82) is 0 Å². The molecule has 0 aliphatic carbocycles. The van der Waals surface area contributed by atoms with Crippen molar-refractivity contribution in [2.45, 2.75) is 11.5 Å². The summed E-state index contributed by atoms with van der Waals surface area (Å²) < 4.78 is 7.86. The molecule has 0 bridgehead atoms. The zero-order valence-electron chi connectivity index (χ0n) is 25.5. The predicted octanol–water partition coefficient (Wildman–Crippen LogP) is 10.0. The van der Waals surface area contributed by atoms with Crippen molar-refractivity contribution in [2.24, 2.45) is 5.10 Å². The van der Waals surface area contributed by atoms with Crippen molar-refractivity contribution in [3.8, 4) is 22.7 Å². The Morgan fingerprint density at radius 3 is 2.12 bits per heavy atom. The molecule has 0 radical (unpaired) electrons. The summed E-state index contributed by atoms with van der Waals surface area (Å²) >= 11 is 14.0. The fourth-order valence-electron chi connectivity index (χ4n) is 5.21. The number of hydrogen-bond acceptors (Lipinski definition) is 5. The predicted molar refractivity (Wildman–Crippen MR) is 196 cm³/mol. The summed E-state index contributed by atoms with van der Waals surface area (Å²) in [5, 5.41) is 12.6. The molecular formula is C39H28Cl2N4O2S. The second kappa shape index (κ2) is 14.4. The average molecular weight is 688 g/mol. The Bertz CT molecular complexity index is 2110. The summed E-state index contributed by atoms with van der Waals surface area (Å²) in [7, 11) is 0. The van der Waals surface area contributed by atoms with E-state index in [1.54, 1.807) is 11.8 Å². The van der Waals surface area contributed by atoms with E-state index in [0.717, 1.165) is 33.0 Å². The molecule has 0 fully saturated rings. The van der Waals surface area contributed by atoms with Crippen LogP contribution >= 0.6 is 35.0 Å². The van der Waals surface area contributed by atoms with Gasteiger partial charge in [-0.05, 0) is 84.9 Å². The van der Waals surface area contributed by atoms with Crippen molar-refractivity contribution in [1.82, 2.24) is 9.78 Å². The lowest BCUT2D eigenvalue weighted by Crippen LogP contribution is -2.21. The highest BCUT2D eigenvalue weighted by molar-refractivity contribution is 8.00. The average Bonchev–Trinajstić information content (AvgIpc) is 3.69. The van der Waals surface area contributed by atoms with E-state index in [0.29, 0.717) is 45.1 Å². The molecule has 0 saturated heterocycles. The van der Waals surface area contributed by atoms with Gasteiger partial charge in [0.05, 0.1) is 28.4 Å². The number of para-hydroxylation sites is 2. The first-order valence-electron chi connectivity index (χ1n) is 15.2. The number of rotatable bonds is 10. The lowest BCUT2D eigenvalue weighted by molar-refractivity contribution is -0.114. The van der Waals surface area contributed by atoms with Crippen molar-refractivity contribution < 1.29 is 9.53 Å². The summed E-state index contributed by atoms with van der Waals surface area (Å²) in [5.41, 5.74) is 6.08. The van der Waals surface area contributed by atoms with Gasteiger partial charge in [-0.2, -0.15) is 15.2 Å². The van der Waals surface area contributed by atoms with Gasteiger partial charge in [0.1, 0.15) is 12.4 Å². The second-order valence-corrected chi connectivity index (χ2v) is 12.8. The number of anilines is 1. The lowest BCUT2D eigenvalue weighted by atomic mass is 10.0. The van der Waals surface area contributed by atoms with Gasteiger partial charge in [0.15, 0.2) is 0 Å². The minimum atomic E-state index is -0.199. The van der Waals surface area contributed by atoms with E-state index in [9.17, 15) is 4.79 Å². The molecule has 7 rings (SSSR count). The topological polar surface area (TPSA) is 59.7 Å². The molecule has 48 heavy (non-hydrogen) atoms. The van der Waals surface area contributed by atoms with E-state index in [4.69, 9.17) is 38.1 Å². The largest absolute Gasteiger partial charge is 0.489 e. The Kier molecular flexibility index (Phi) is 9.43. The Balaban J connectivity index is 1.24. The van der Waals surface area contributed by atoms with Gasteiger partial charge in [0.2, 0.25) is 0 Å². The number of hydrogen-bond donors (Lipinski definition) is 0. The Hall–Kier alpha value is -5.08. The standard InChI is InChI=1S/C39H28Cl2N4O2S/c40-30-17-21-34(22-18-30)48-26-37-35(39(46)45(42-37)32-12-5-2-6-13-32)23-29-24-44(31-10-3-1-4-11-31)43-38(29)27-15-19-33(20-16-27)47-25-28-9-7-8-14-36(28)41/h1-24H,25-26H2/b35-23-. The van der Waals surface area contributed by atoms with Crippen molar-refractivity contribution in [3.63, 3.8) is 0 Å². The van der Waals surface area contributed by atoms with E-state index in [2.05, 4.69) is 0 Å². The van der Waals surface area contributed by atoms with Gasteiger partial charge in [-0.15, -0.1) is 11.8 Å². The van der Waals surface area contributed by atoms with Crippen LogP contribution in [0.15, 0.2) is 155 Å². The van der Waals surface area contributed by atoms with Gasteiger partial charge in [0.25, 0.3) is 5.91 Å². The number of nitrogens with zero attached hydrogens (tertiary/aromatic N) is 4. The van der Waals surface area contributed by atoms with Gasteiger partial charge in [-0.1, -0.05) is 77.8 Å². The Morgan fingerprint density at radius 1 is 0.750 bits per heavy atom. The van der Waals surface area contributed by atoms with Crippen LogP contribution in [0, 0.1) is 0 Å². The molecule has 2 heterocycles. The minimum Gasteiger partial charge on any atom is -0.489 e. The number of aromatic nitrogens is 2. The highest BCUT2D eigenvalue weighted by Crippen LogP contribution is 2.32. The highest BCUT2D eigenvalue weighted by Gasteiger charge is 2.31. The third kappa shape index (κ3) is 7.09. The van der Waals surface area contributed by atoms with Crippen LogP contribution in [0.1, 0.15) is 11.1 Å². The number of carbonyl (C=O) groups excluding carboxylic acids is 1. The molecule has 9 heteroatoms. The molecule has 0 saturated carbocycles. The third-order valence-electron chi connectivity index (χ3n) is 7.69. The van der Waals surface area contributed by atoms with E-state index >= 15 is 0 Å². The van der Waals surface area contributed by atoms with Crippen LogP contribution in [0.4, 0.5) is 5.69 Å². The zero-order chi connectivity index (χ0) is 32.9. The summed E-state index contributed by atoms with van der Waals surface area (Å²) in [6.07, 6.45) is 3.85. The van der Waals surface area contributed by atoms with Crippen LogP contribution in [0.25, 0.3) is 23.0 Å². The van der Waals surface area contributed by atoms with Crippen LogP contribution in [-0.2, 0) is 11.4 Å². The van der Waals surface area contributed by atoms with E-state index < -0.39 is 0 Å². The van der Waals surface area contributed by atoms with E-state index in [1.165, 1.54) is 5.01 Å². The van der Waals surface area contributed by atoms with Crippen molar-refractivity contribution >= 4 is 58.3 Å². The third-order valence-corrected chi connectivity index (χ3v) is 9.33. The molecule has 6 nitrogen and oxygen atoms in total. The molecule has 1 aromatic heterocycles. The summed E-state index contributed by atoms with van der Waals surface area (Å²) in [4.78, 5) is 15.1. The van der Waals surface area contributed by atoms with Crippen molar-refractivity contribution in [3.05, 3.63) is 166 Å². The fraction of sp³-hybridized carbons (Fsp3) is 0.0513. The van der Waals surface area contributed by atoms with Gasteiger partial charge in [-0.3, -0.25) is 4.79 Å². The number of thioether (sulfide) groups is 1. The molecule has 1 amide bonds. The van der Waals surface area contributed by atoms with Crippen LogP contribution in [-0.4, -0.2) is 27.2 Å². The first-order chi connectivity index (χ1) is 23.5. The van der Waals surface area contributed by atoms with Gasteiger partial charge in [0, 0.05) is 43.6 Å². The molecule has 0 spiro atoms. The molecule has 1 aliphatic rings. The first-order valence-corrected chi connectivity index (χ1v) is 17.0. The van der Waals surface area contributed by atoms with Crippen molar-refractivity contribution in [2.75, 3.05) is 10.8 Å². The lowest BCUT2D eigenvalue weighted by Gasteiger charge is -2.11. The maximum atomic E-state index is 14.0. The van der Waals surface area contributed by atoms with Crippen LogP contribution < -0.4 is 9.75 Å². The molecular weight excluding hydrogens is 659 g/mol. The van der Waals surface area contributed by atoms with Crippen LogP contribution in [0.5, 0.6) is 5.75 Å². The highest BCUT2D eigenvalue weighted by atomic mass is 35.5. The number of carbonyl (C=O) groups is 1. The van der Waals surface area contributed by atoms with E-state index in [-0.39, 0.29) is 5.91 Å². The Morgan fingerprint density at radius 2 is 1.42 bits per heavy atom. The SMILES string of the molecule is O=C1/C(=C\c2cn(-c3ccccc3)nc2-c2ccc(OCc3ccccc3Cl)cc2)C(CSc2ccc(Cl)cc2)=NN1c1ccccc1. The molecule has 0 N–H and O–H groups in total. The second-order valence-electron chi connectivity index (χ2n) is 10.9. The number of ether oxygens (including phenoxy) is 1. The molecule has 6 aromatic rings. The Labute approximate surface area is 292 Å². The van der Waals surface area contributed by atoms with Crippen LogP contribution in [0.2, 0.25) is 10.0 Å². The number of halogens is 2. The molecule has 0 atom stereocenters. The first kappa shape index (κ1) is 31.5. The molecule has 236 valence electrons. The summed E-state index contributed by atoms with van der Waals surface area (Å²) in [6.45, 7) is 0.356. The fourth-order valence-corrected chi connectivity index (χ4v) is 6.37. The smallest absolute Gasteiger partial charge is 0.280 e. The molecule has 1 aliphatic heterocycles. The molecule has 5 aromatic carbocycles. The minimum absolute atomic E-state index is 0.199. The summed E-state index contributed by atoms with van der Waals surface area (Å²) in [5.74, 6) is 0.996. The normalized spacial score (nSPS) is 13.6. The quantitative estimate of drug-likeness (QED) is 0.106. The maximum absolute atomic E-state index is 14.0. The molecule has 0 unspecified atom stereocenters. The maximum Gasteiger partial charge on any atom is 0.280 e. The number of amides is 1. The van der Waals surface area contributed by atoms with Gasteiger partial charge >= 0.3 is 0 Å². The number of hydrazone groups is 1.